The number of hydrogen-bond acceptors (Lipinski definition) is 5. The first-order valence-corrected chi connectivity index (χ1v) is 8.11. The minimum Gasteiger partial charge on any atom is -0.484 e. The molecule has 0 fully saturated rings. The van der Waals surface area contributed by atoms with Crippen molar-refractivity contribution in [1.29, 1.82) is 0 Å². The van der Waals surface area contributed by atoms with Crippen molar-refractivity contribution in [3.05, 3.63) is 40.2 Å². The zero-order valence-corrected chi connectivity index (χ0v) is 14.0. The third-order valence-corrected chi connectivity index (χ3v) is 3.68. The van der Waals surface area contributed by atoms with E-state index in [0.29, 0.717) is 24.3 Å². The van der Waals surface area contributed by atoms with Crippen molar-refractivity contribution in [3.8, 4) is 5.75 Å². The Morgan fingerprint density at radius 2 is 2.00 bits per heavy atom. The Bertz CT molecular complexity index is 811. The predicted octanol–water partition coefficient (Wildman–Crippen LogP) is 2.24. The number of amides is 1. The number of nitrogens with one attached hydrogen (secondary N) is 1. The molecule has 0 unspecified atom stereocenters. The van der Waals surface area contributed by atoms with E-state index in [0.717, 1.165) is 23.8 Å². The van der Waals surface area contributed by atoms with Crippen molar-refractivity contribution < 1.29 is 23.8 Å². The molecule has 0 atom stereocenters. The number of rotatable bonds is 9. The largest absolute Gasteiger partial charge is 0.484 e. The molecule has 0 aliphatic heterocycles. The molecule has 134 valence electrons. The van der Waals surface area contributed by atoms with Gasteiger partial charge in [-0.3, -0.25) is 9.59 Å². The summed E-state index contributed by atoms with van der Waals surface area (Å²) in [6.07, 6.45) is 2.22. The molecular weight excluding hydrogens is 326 g/mol. The SMILES string of the molecule is Cc1cc(=O)oc2cc(OCC(=O)NCCCCCC(=O)O)ccc12. The Hall–Kier alpha value is -2.83. The monoisotopic (exact) mass is 347 g/mol. The Balaban J connectivity index is 1.77. The number of aliphatic carboxylic acids is 1. The highest BCUT2D eigenvalue weighted by molar-refractivity contribution is 5.81. The van der Waals surface area contributed by atoms with Crippen molar-refractivity contribution >= 4 is 22.8 Å². The molecule has 1 aromatic heterocycles. The lowest BCUT2D eigenvalue weighted by Gasteiger charge is -2.08. The van der Waals surface area contributed by atoms with Gasteiger partial charge in [-0.25, -0.2) is 4.79 Å². The second-order valence-corrected chi connectivity index (χ2v) is 5.75. The number of hydrogen-bond donors (Lipinski definition) is 2. The maximum absolute atomic E-state index is 11.7. The lowest BCUT2D eigenvalue weighted by Crippen LogP contribution is -2.29. The van der Waals surface area contributed by atoms with Gasteiger partial charge in [-0.1, -0.05) is 6.42 Å². The fourth-order valence-electron chi connectivity index (χ4n) is 2.40. The molecule has 0 spiro atoms. The van der Waals surface area contributed by atoms with Gasteiger partial charge in [0, 0.05) is 30.5 Å². The molecule has 1 heterocycles. The number of carboxylic acids is 1. The van der Waals surface area contributed by atoms with Crippen LogP contribution in [0.2, 0.25) is 0 Å². The molecule has 0 saturated carbocycles. The van der Waals surface area contributed by atoms with Crippen LogP contribution in [0.3, 0.4) is 0 Å². The Morgan fingerprint density at radius 3 is 2.76 bits per heavy atom. The number of ether oxygens (including phenoxy) is 1. The van der Waals surface area contributed by atoms with Gasteiger partial charge < -0.3 is 19.6 Å². The van der Waals surface area contributed by atoms with Crippen molar-refractivity contribution in [2.75, 3.05) is 13.2 Å². The van der Waals surface area contributed by atoms with E-state index in [-0.39, 0.29) is 18.9 Å². The minimum atomic E-state index is -0.807. The minimum absolute atomic E-state index is 0.142. The number of fused-ring (bicyclic) bond motifs is 1. The average Bonchev–Trinajstić information content (AvgIpc) is 2.55. The van der Waals surface area contributed by atoms with Crippen molar-refractivity contribution in [3.63, 3.8) is 0 Å². The summed E-state index contributed by atoms with van der Waals surface area (Å²) < 4.78 is 10.5. The molecule has 0 aliphatic carbocycles. The summed E-state index contributed by atoms with van der Waals surface area (Å²) in [4.78, 5) is 33.5. The van der Waals surface area contributed by atoms with Gasteiger partial charge in [0.1, 0.15) is 11.3 Å². The number of aryl methyl sites for hydroxylation is 1. The summed E-state index contributed by atoms with van der Waals surface area (Å²) in [5.41, 5.74) is 0.808. The van der Waals surface area contributed by atoms with Gasteiger partial charge >= 0.3 is 11.6 Å². The van der Waals surface area contributed by atoms with Gasteiger partial charge in [-0.15, -0.1) is 0 Å². The Morgan fingerprint density at radius 1 is 1.20 bits per heavy atom. The third kappa shape index (κ3) is 5.95. The van der Waals surface area contributed by atoms with E-state index in [1.54, 1.807) is 18.2 Å². The molecule has 1 aromatic carbocycles. The van der Waals surface area contributed by atoms with E-state index in [1.807, 2.05) is 6.92 Å². The molecule has 25 heavy (non-hydrogen) atoms. The lowest BCUT2D eigenvalue weighted by atomic mass is 10.1. The van der Waals surface area contributed by atoms with Crippen LogP contribution in [0.1, 0.15) is 31.2 Å². The molecule has 2 rings (SSSR count). The maximum Gasteiger partial charge on any atom is 0.336 e. The van der Waals surface area contributed by atoms with Gasteiger partial charge in [0.25, 0.3) is 5.91 Å². The molecule has 7 heteroatoms. The fraction of sp³-hybridized carbons (Fsp3) is 0.389. The van der Waals surface area contributed by atoms with Crippen LogP contribution in [-0.2, 0) is 9.59 Å². The quantitative estimate of drug-likeness (QED) is 0.532. The molecule has 2 aromatic rings. The third-order valence-electron chi connectivity index (χ3n) is 3.68. The molecule has 0 radical (unpaired) electrons. The van der Waals surface area contributed by atoms with Crippen LogP contribution in [0.25, 0.3) is 11.0 Å². The first-order valence-electron chi connectivity index (χ1n) is 8.11. The fourth-order valence-corrected chi connectivity index (χ4v) is 2.40. The predicted molar refractivity (Wildman–Crippen MR) is 91.8 cm³/mol. The van der Waals surface area contributed by atoms with Crippen LogP contribution < -0.4 is 15.7 Å². The lowest BCUT2D eigenvalue weighted by molar-refractivity contribution is -0.137. The van der Waals surface area contributed by atoms with Crippen LogP contribution in [0.15, 0.2) is 33.5 Å². The second kappa shape index (κ2) is 8.86. The average molecular weight is 347 g/mol. The molecular formula is C18H21NO6. The summed E-state index contributed by atoms with van der Waals surface area (Å²) in [5.74, 6) is -0.624. The second-order valence-electron chi connectivity index (χ2n) is 5.75. The van der Waals surface area contributed by atoms with Crippen molar-refractivity contribution in [1.82, 2.24) is 5.32 Å². The summed E-state index contributed by atoms with van der Waals surface area (Å²) in [6, 6.07) is 6.51. The molecule has 0 saturated heterocycles. The zero-order chi connectivity index (χ0) is 18.2. The van der Waals surface area contributed by atoms with Gasteiger partial charge in [0.15, 0.2) is 6.61 Å². The Kier molecular flexibility index (Phi) is 6.56. The van der Waals surface area contributed by atoms with Gasteiger partial charge in [-0.2, -0.15) is 0 Å². The molecule has 0 aliphatic rings. The summed E-state index contributed by atoms with van der Waals surface area (Å²) >= 11 is 0. The topological polar surface area (TPSA) is 106 Å². The van der Waals surface area contributed by atoms with E-state index in [2.05, 4.69) is 5.32 Å². The number of unbranched alkanes of at least 4 members (excludes halogenated alkanes) is 2. The summed E-state index contributed by atoms with van der Waals surface area (Å²) in [6.45, 7) is 2.16. The highest BCUT2D eigenvalue weighted by atomic mass is 16.5. The highest BCUT2D eigenvalue weighted by Gasteiger charge is 2.06. The molecule has 0 bridgehead atoms. The highest BCUT2D eigenvalue weighted by Crippen LogP contribution is 2.22. The standard InChI is InChI=1S/C18H21NO6/c1-12-9-18(23)25-15-10-13(6-7-14(12)15)24-11-16(20)19-8-4-2-3-5-17(21)22/h6-7,9-10H,2-5,8,11H2,1H3,(H,19,20)(H,21,22). The van der Waals surface area contributed by atoms with Gasteiger partial charge in [-0.05, 0) is 37.5 Å². The van der Waals surface area contributed by atoms with Gasteiger partial charge in [0.2, 0.25) is 0 Å². The van der Waals surface area contributed by atoms with Crippen LogP contribution in [-0.4, -0.2) is 30.1 Å². The number of carboxylic acid groups (broad SMARTS) is 1. The van der Waals surface area contributed by atoms with E-state index in [4.69, 9.17) is 14.3 Å². The normalized spacial score (nSPS) is 10.6. The summed E-state index contributed by atoms with van der Waals surface area (Å²) in [7, 11) is 0. The number of carbonyl (C=O) groups is 2. The smallest absolute Gasteiger partial charge is 0.336 e. The van der Waals surface area contributed by atoms with E-state index < -0.39 is 11.6 Å². The zero-order valence-electron chi connectivity index (χ0n) is 14.0. The number of carbonyl (C=O) groups excluding carboxylic acids is 1. The first-order chi connectivity index (χ1) is 12.0. The molecule has 1 amide bonds. The summed E-state index contributed by atoms with van der Waals surface area (Å²) in [5, 5.41) is 12.1. The van der Waals surface area contributed by atoms with Crippen LogP contribution >= 0.6 is 0 Å². The van der Waals surface area contributed by atoms with Crippen LogP contribution in [0, 0.1) is 6.92 Å². The first kappa shape index (κ1) is 18.5. The van der Waals surface area contributed by atoms with Gasteiger partial charge in [0.05, 0.1) is 0 Å². The molecule has 7 nitrogen and oxygen atoms in total. The van der Waals surface area contributed by atoms with E-state index in [9.17, 15) is 14.4 Å². The number of benzene rings is 1. The van der Waals surface area contributed by atoms with E-state index in [1.165, 1.54) is 6.07 Å². The van der Waals surface area contributed by atoms with Crippen molar-refractivity contribution in [2.45, 2.75) is 32.6 Å². The van der Waals surface area contributed by atoms with Crippen LogP contribution in [0.5, 0.6) is 5.75 Å². The van der Waals surface area contributed by atoms with E-state index >= 15 is 0 Å². The maximum atomic E-state index is 11.7. The van der Waals surface area contributed by atoms with Crippen molar-refractivity contribution in [2.24, 2.45) is 0 Å². The molecule has 2 N–H and O–H groups in total. The Labute approximate surface area is 144 Å². The van der Waals surface area contributed by atoms with Crippen LogP contribution in [0.4, 0.5) is 0 Å².